The number of piperazine rings is 1. The van der Waals surface area contributed by atoms with E-state index < -0.39 is 0 Å². The molecular formula is C16H22N2O2S. The average molecular weight is 306 g/mol. The summed E-state index contributed by atoms with van der Waals surface area (Å²) in [5.74, 6) is 0.833. The number of hydrogen-bond donors (Lipinski definition) is 0. The van der Waals surface area contributed by atoms with Gasteiger partial charge in [-0.25, -0.2) is 0 Å². The zero-order chi connectivity index (χ0) is 14.7. The van der Waals surface area contributed by atoms with Crippen LogP contribution in [0, 0.1) is 0 Å². The van der Waals surface area contributed by atoms with E-state index in [2.05, 4.69) is 29.2 Å². The van der Waals surface area contributed by atoms with Gasteiger partial charge in [0.1, 0.15) is 0 Å². The number of nitrogens with zero attached hydrogens (tertiary/aromatic N) is 2. The molecule has 0 N–H and O–H groups in total. The molecule has 2 atom stereocenters. The Morgan fingerprint density at radius 2 is 2.10 bits per heavy atom. The van der Waals surface area contributed by atoms with Crippen LogP contribution in [0.25, 0.3) is 0 Å². The van der Waals surface area contributed by atoms with Crippen LogP contribution in [0.1, 0.15) is 11.6 Å². The third-order valence-electron chi connectivity index (χ3n) is 4.32. The smallest absolute Gasteiger partial charge is 0.232 e. The fourth-order valence-electron chi connectivity index (χ4n) is 3.24. The van der Waals surface area contributed by atoms with Crippen LogP contribution in [-0.2, 0) is 9.53 Å². The Kier molecular flexibility index (Phi) is 4.83. The number of benzene rings is 1. The number of rotatable bonds is 3. The van der Waals surface area contributed by atoms with Crippen LogP contribution in [0.4, 0.5) is 0 Å². The van der Waals surface area contributed by atoms with Gasteiger partial charge in [0.25, 0.3) is 0 Å². The second kappa shape index (κ2) is 6.81. The van der Waals surface area contributed by atoms with Crippen molar-refractivity contribution in [1.29, 1.82) is 0 Å². The number of carbonyl (C=O) groups is 1. The van der Waals surface area contributed by atoms with Crippen LogP contribution < -0.4 is 0 Å². The van der Waals surface area contributed by atoms with E-state index in [9.17, 15) is 4.79 Å². The molecule has 0 aromatic heterocycles. The Morgan fingerprint density at radius 3 is 2.86 bits per heavy atom. The molecule has 0 unspecified atom stereocenters. The molecule has 2 heterocycles. The van der Waals surface area contributed by atoms with E-state index in [-0.39, 0.29) is 5.91 Å². The Bertz CT molecular complexity index is 482. The van der Waals surface area contributed by atoms with Crippen LogP contribution in [0.3, 0.4) is 0 Å². The standard InChI is InChI=1S/C16H22N2O2S/c1-21-12-16(19)17-7-8-18-14(9-17)10-20-11-15(18)13-5-3-2-4-6-13/h2-6,14-15H,7-12H2,1H3/t14-,15-/m1/s1. The molecule has 0 radical (unpaired) electrons. The summed E-state index contributed by atoms with van der Waals surface area (Å²) >= 11 is 1.59. The number of fused-ring (bicyclic) bond motifs is 1. The molecule has 21 heavy (non-hydrogen) atoms. The van der Waals surface area contributed by atoms with E-state index >= 15 is 0 Å². The first-order chi connectivity index (χ1) is 10.3. The van der Waals surface area contributed by atoms with E-state index in [1.54, 1.807) is 11.8 Å². The highest BCUT2D eigenvalue weighted by atomic mass is 32.2. The van der Waals surface area contributed by atoms with Gasteiger partial charge in [0.05, 0.1) is 31.1 Å². The third-order valence-corrected chi connectivity index (χ3v) is 4.86. The highest BCUT2D eigenvalue weighted by molar-refractivity contribution is 7.99. The molecule has 0 spiro atoms. The molecule has 2 aliphatic rings. The molecule has 114 valence electrons. The number of hydrogen-bond acceptors (Lipinski definition) is 4. The predicted molar refractivity (Wildman–Crippen MR) is 85.5 cm³/mol. The van der Waals surface area contributed by atoms with Crippen LogP contribution in [0.5, 0.6) is 0 Å². The van der Waals surface area contributed by atoms with E-state index in [0.29, 0.717) is 17.8 Å². The summed E-state index contributed by atoms with van der Waals surface area (Å²) in [4.78, 5) is 16.6. The molecule has 1 aromatic carbocycles. The lowest BCUT2D eigenvalue weighted by atomic mass is 10.0. The van der Waals surface area contributed by atoms with Gasteiger partial charge >= 0.3 is 0 Å². The quantitative estimate of drug-likeness (QED) is 0.850. The Balaban J connectivity index is 1.70. The fourth-order valence-corrected chi connectivity index (χ4v) is 3.67. The summed E-state index contributed by atoms with van der Waals surface area (Å²) in [5, 5.41) is 0. The Morgan fingerprint density at radius 1 is 1.29 bits per heavy atom. The molecule has 3 rings (SSSR count). The van der Waals surface area contributed by atoms with Crippen molar-refractivity contribution in [3.63, 3.8) is 0 Å². The normalized spacial score (nSPS) is 26.4. The number of ether oxygens (including phenoxy) is 1. The van der Waals surface area contributed by atoms with E-state index in [1.165, 1.54) is 5.56 Å². The molecule has 1 aromatic rings. The van der Waals surface area contributed by atoms with Crippen LogP contribution in [0.2, 0.25) is 0 Å². The largest absolute Gasteiger partial charge is 0.378 e. The molecule has 0 saturated carbocycles. The van der Waals surface area contributed by atoms with Gasteiger partial charge in [-0.3, -0.25) is 9.69 Å². The van der Waals surface area contributed by atoms with Crippen molar-refractivity contribution in [1.82, 2.24) is 9.80 Å². The van der Waals surface area contributed by atoms with E-state index in [0.717, 1.165) is 32.8 Å². The Hall–Kier alpha value is -1.04. The minimum absolute atomic E-state index is 0.254. The summed E-state index contributed by atoms with van der Waals surface area (Å²) in [6.07, 6.45) is 1.98. The minimum Gasteiger partial charge on any atom is -0.378 e. The molecule has 1 amide bonds. The zero-order valence-electron chi connectivity index (χ0n) is 12.4. The topological polar surface area (TPSA) is 32.8 Å². The van der Waals surface area contributed by atoms with Crippen molar-refractivity contribution in [3.05, 3.63) is 35.9 Å². The van der Waals surface area contributed by atoms with Crippen molar-refractivity contribution in [2.75, 3.05) is 44.9 Å². The molecule has 0 bridgehead atoms. The van der Waals surface area contributed by atoms with Crippen LogP contribution >= 0.6 is 11.8 Å². The lowest BCUT2D eigenvalue weighted by molar-refractivity contribution is -0.137. The number of amides is 1. The summed E-state index contributed by atoms with van der Waals surface area (Å²) in [6.45, 7) is 4.04. The summed E-state index contributed by atoms with van der Waals surface area (Å²) in [5.41, 5.74) is 1.31. The lowest BCUT2D eigenvalue weighted by Gasteiger charge is -2.48. The first-order valence-electron chi connectivity index (χ1n) is 7.44. The lowest BCUT2D eigenvalue weighted by Crippen LogP contribution is -2.60. The van der Waals surface area contributed by atoms with Gasteiger partial charge in [0.15, 0.2) is 0 Å². The zero-order valence-corrected chi connectivity index (χ0v) is 13.2. The van der Waals surface area contributed by atoms with E-state index in [4.69, 9.17) is 4.74 Å². The van der Waals surface area contributed by atoms with Crippen molar-refractivity contribution < 1.29 is 9.53 Å². The molecule has 5 heteroatoms. The summed E-state index contributed by atoms with van der Waals surface area (Å²) < 4.78 is 5.81. The highest BCUT2D eigenvalue weighted by Crippen LogP contribution is 2.29. The van der Waals surface area contributed by atoms with Gasteiger partial charge < -0.3 is 9.64 Å². The van der Waals surface area contributed by atoms with Crippen molar-refractivity contribution >= 4 is 17.7 Å². The molecule has 0 aliphatic carbocycles. The monoisotopic (exact) mass is 306 g/mol. The van der Waals surface area contributed by atoms with Gasteiger partial charge in [-0.1, -0.05) is 30.3 Å². The van der Waals surface area contributed by atoms with Crippen LogP contribution in [-0.4, -0.2) is 66.6 Å². The number of morpholine rings is 1. The molecular weight excluding hydrogens is 284 g/mol. The first-order valence-corrected chi connectivity index (χ1v) is 8.84. The molecule has 4 nitrogen and oxygen atoms in total. The molecule has 2 saturated heterocycles. The van der Waals surface area contributed by atoms with Crippen molar-refractivity contribution in [3.8, 4) is 0 Å². The second-order valence-corrected chi connectivity index (χ2v) is 6.49. The number of carbonyl (C=O) groups excluding carboxylic acids is 1. The van der Waals surface area contributed by atoms with Crippen LogP contribution in [0.15, 0.2) is 30.3 Å². The second-order valence-electron chi connectivity index (χ2n) is 5.63. The summed E-state index contributed by atoms with van der Waals surface area (Å²) in [7, 11) is 0. The fraction of sp³-hybridized carbons (Fsp3) is 0.562. The van der Waals surface area contributed by atoms with Gasteiger partial charge in [-0.15, -0.1) is 0 Å². The SMILES string of the molecule is CSCC(=O)N1CCN2[C@@H](COC[C@@H]2c2ccccc2)C1. The average Bonchev–Trinajstić information content (AvgIpc) is 2.55. The maximum atomic E-state index is 12.1. The van der Waals surface area contributed by atoms with E-state index in [1.807, 2.05) is 17.2 Å². The maximum Gasteiger partial charge on any atom is 0.232 e. The first kappa shape index (κ1) is 14.9. The van der Waals surface area contributed by atoms with Gasteiger partial charge in [0.2, 0.25) is 5.91 Å². The highest BCUT2D eigenvalue weighted by Gasteiger charge is 2.37. The summed E-state index contributed by atoms with van der Waals surface area (Å²) in [6, 6.07) is 11.2. The van der Waals surface area contributed by atoms with Gasteiger partial charge in [-0.05, 0) is 11.8 Å². The number of thioether (sulfide) groups is 1. The van der Waals surface area contributed by atoms with Crippen molar-refractivity contribution in [2.24, 2.45) is 0 Å². The maximum absolute atomic E-state index is 12.1. The molecule has 2 aliphatic heterocycles. The van der Waals surface area contributed by atoms with Gasteiger partial charge in [-0.2, -0.15) is 11.8 Å². The Labute approximate surface area is 130 Å². The third kappa shape index (κ3) is 3.25. The minimum atomic E-state index is 0.254. The van der Waals surface area contributed by atoms with Gasteiger partial charge in [0, 0.05) is 19.6 Å². The molecule has 2 fully saturated rings. The van der Waals surface area contributed by atoms with Crippen molar-refractivity contribution in [2.45, 2.75) is 12.1 Å². The predicted octanol–water partition coefficient (Wildman–Crippen LogP) is 1.63.